The Morgan fingerprint density at radius 1 is 1.25 bits per heavy atom. The Morgan fingerprint density at radius 3 is 2.79 bits per heavy atom. The van der Waals surface area contributed by atoms with Crippen LogP contribution in [0.15, 0.2) is 24.5 Å². The molecule has 0 radical (unpaired) electrons. The summed E-state index contributed by atoms with van der Waals surface area (Å²) < 4.78 is 12.3. The van der Waals surface area contributed by atoms with Crippen LogP contribution in [-0.2, 0) is 16.1 Å². The van der Waals surface area contributed by atoms with E-state index in [1.54, 1.807) is 0 Å². The Bertz CT molecular complexity index is 481. The predicted molar refractivity (Wildman–Crippen MR) is 94.9 cm³/mol. The molecule has 1 aliphatic carbocycles. The maximum absolute atomic E-state index is 6.18. The number of aromatic nitrogens is 1. The molecule has 2 fully saturated rings. The molecule has 0 bridgehead atoms. The second kappa shape index (κ2) is 8.90. The summed E-state index contributed by atoms with van der Waals surface area (Å²) in [5, 5.41) is 0. The van der Waals surface area contributed by atoms with Gasteiger partial charge in [0, 0.05) is 38.1 Å². The van der Waals surface area contributed by atoms with Gasteiger partial charge in [-0.25, -0.2) is 0 Å². The molecule has 5 heteroatoms. The van der Waals surface area contributed by atoms with Gasteiger partial charge in [-0.15, -0.1) is 0 Å². The van der Waals surface area contributed by atoms with Crippen molar-refractivity contribution in [1.82, 2.24) is 14.8 Å². The molecule has 2 aliphatic rings. The molecule has 1 saturated carbocycles. The fourth-order valence-electron chi connectivity index (χ4n) is 3.94. The van der Waals surface area contributed by atoms with E-state index in [1.165, 1.54) is 12.0 Å². The second-order valence-corrected chi connectivity index (χ2v) is 6.75. The molecule has 0 unspecified atom stereocenters. The number of nitrogens with zero attached hydrogens (tertiary/aromatic N) is 3. The van der Waals surface area contributed by atoms with Crippen LogP contribution in [0.5, 0.6) is 0 Å². The number of morpholine rings is 1. The summed E-state index contributed by atoms with van der Waals surface area (Å²) in [5.74, 6) is 0. The standard InChI is InChI=1S/C19H31N3O2/c1-3-21(4-2)11-12-22-13-14-23-19-17(22)5-6-18(19)24-15-16-7-9-20-10-8-16/h7-10,17-19H,3-6,11-15H2,1-2H3/t17-,18+,19+/m0/s1. The summed E-state index contributed by atoms with van der Waals surface area (Å²) in [6, 6.07) is 4.56. The van der Waals surface area contributed by atoms with Crippen LogP contribution in [0.2, 0.25) is 0 Å². The Morgan fingerprint density at radius 2 is 2.04 bits per heavy atom. The van der Waals surface area contributed by atoms with Gasteiger partial charge in [-0.2, -0.15) is 0 Å². The zero-order chi connectivity index (χ0) is 16.8. The number of fused-ring (bicyclic) bond motifs is 1. The van der Waals surface area contributed by atoms with Crippen LogP contribution in [0.1, 0.15) is 32.3 Å². The quantitative estimate of drug-likeness (QED) is 0.729. The SMILES string of the molecule is CCN(CC)CCN1CCO[C@H]2[C@H](OCc3ccncc3)CC[C@@H]21. The van der Waals surface area contributed by atoms with Gasteiger partial charge in [0.25, 0.3) is 0 Å². The van der Waals surface area contributed by atoms with Crippen molar-refractivity contribution in [2.75, 3.05) is 39.3 Å². The van der Waals surface area contributed by atoms with E-state index in [9.17, 15) is 0 Å². The van der Waals surface area contributed by atoms with E-state index in [0.717, 1.165) is 45.8 Å². The normalized spacial score (nSPS) is 27.5. The average Bonchev–Trinajstić information content (AvgIpc) is 3.05. The summed E-state index contributed by atoms with van der Waals surface area (Å²) >= 11 is 0. The number of ether oxygens (including phenoxy) is 2. The Kier molecular flexibility index (Phi) is 6.60. The number of hydrogen-bond donors (Lipinski definition) is 0. The Hall–Kier alpha value is -1.01. The molecule has 134 valence electrons. The fourth-order valence-corrected chi connectivity index (χ4v) is 3.94. The highest BCUT2D eigenvalue weighted by atomic mass is 16.5. The van der Waals surface area contributed by atoms with Crippen molar-refractivity contribution in [2.45, 2.75) is 51.5 Å². The molecule has 0 amide bonds. The highest BCUT2D eigenvalue weighted by molar-refractivity contribution is 5.08. The predicted octanol–water partition coefficient (Wildman–Crippen LogP) is 2.17. The molecular formula is C19H31N3O2. The van der Waals surface area contributed by atoms with E-state index >= 15 is 0 Å². The van der Waals surface area contributed by atoms with Crippen LogP contribution in [0.25, 0.3) is 0 Å². The summed E-state index contributed by atoms with van der Waals surface area (Å²) in [6.45, 7) is 11.6. The van der Waals surface area contributed by atoms with Crippen molar-refractivity contribution in [2.24, 2.45) is 0 Å². The van der Waals surface area contributed by atoms with Gasteiger partial charge in [-0.3, -0.25) is 9.88 Å². The molecule has 1 saturated heterocycles. The van der Waals surface area contributed by atoms with Crippen LogP contribution in [0.3, 0.4) is 0 Å². The highest BCUT2D eigenvalue weighted by Crippen LogP contribution is 2.32. The highest BCUT2D eigenvalue weighted by Gasteiger charge is 2.43. The molecule has 0 N–H and O–H groups in total. The molecule has 2 heterocycles. The third-order valence-corrected chi connectivity index (χ3v) is 5.46. The average molecular weight is 333 g/mol. The van der Waals surface area contributed by atoms with Gasteiger partial charge < -0.3 is 14.4 Å². The lowest BCUT2D eigenvalue weighted by Gasteiger charge is -2.39. The van der Waals surface area contributed by atoms with E-state index in [1.807, 2.05) is 24.5 Å². The molecule has 5 nitrogen and oxygen atoms in total. The Labute approximate surface area is 145 Å². The number of rotatable bonds is 8. The van der Waals surface area contributed by atoms with Crippen molar-refractivity contribution < 1.29 is 9.47 Å². The Balaban J connectivity index is 1.51. The van der Waals surface area contributed by atoms with Crippen molar-refractivity contribution >= 4 is 0 Å². The lowest BCUT2D eigenvalue weighted by Crippen LogP contribution is -2.53. The lowest BCUT2D eigenvalue weighted by molar-refractivity contribution is -0.117. The zero-order valence-electron chi connectivity index (χ0n) is 15.1. The minimum absolute atomic E-state index is 0.222. The summed E-state index contributed by atoms with van der Waals surface area (Å²) in [6.07, 6.45) is 6.38. The summed E-state index contributed by atoms with van der Waals surface area (Å²) in [7, 11) is 0. The van der Waals surface area contributed by atoms with Gasteiger partial charge in [0.2, 0.25) is 0 Å². The van der Waals surface area contributed by atoms with Crippen LogP contribution in [0.4, 0.5) is 0 Å². The topological polar surface area (TPSA) is 37.8 Å². The van der Waals surface area contributed by atoms with Gasteiger partial charge >= 0.3 is 0 Å². The van der Waals surface area contributed by atoms with Crippen molar-refractivity contribution in [3.05, 3.63) is 30.1 Å². The van der Waals surface area contributed by atoms with E-state index in [4.69, 9.17) is 9.47 Å². The van der Waals surface area contributed by atoms with Crippen molar-refractivity contribution in [1.29, 1.82) is 0 Å². The van der Waals surface area contributed by atoms with Crippen molar-refractivity contribution in [3.63, 3.8) is 0 Å². The first-order valence-corrected chi connectivity index (χ1v) is 9.40. The molecule has 0 spiro atoms. The first kappa shape index (κ1) is 17.8. The molecule has 3 rings (SSSR count). The summed E-state index contributed by atoms with van der Waals surface area (Å²) in [4.78, 5) is 9.18. The van der Waals surface area contributed by atoms with Crippen LogP contribution in [0, 0.1) is 0 Å². The lowest BCUT2D eigenvalue weighted by atomic mass is 10.1. The van der Waals surface area contributed by atoms with E-state index in [-0.39, 0.29) is 12.2 Å². The molecule has 1 aromatic heterocycles. The number of pyridine rings is 1. The van der Waals surface area contributed by atoms with E-state index in [0.29, 0.717) is 12.6 Å². The van der Waals surface area contributed by atoms with Gasteiger partial charge in [0.1, 0.15) is 0 Å². The van der Waals surface area contributed by atoms with Gasteiger partial charge in [-0.05, 0) is 43.6 Å². The van der Waals surface area contributed by atoms with Crippen molar-refractivity contribution in [3.8, 4) is 0 Å². The molecule has 0 aromatic carbocycles. The smallest absolute Gasteiger partial charge is 0.0992 e. The van der Waals surface area contributed by atoms with Crippen LogP contribution in [-0.4, -0.2) is 72.4 Å². The molecule has 1 aliphatic heterocycles. The van der Waals surface area contributed by atoms with Gasteiger partial charge in [0.05, 0.1) is 25.4 Å². The second-order valence-electron chi connectivity index (χ2n) is 6.75. The fraction of sp³-hybridized carbons (Fsp3) is 0.737. The molecule has 24 heavy (non-hydrogen) atoms. The monoisotopic (exact) mass is 333 g/mol. The minimum atomic E-state index is 0.222. The first-order valence-electron chi connectivity index (χ1n) is 9.40. The largest absolute Gasteiger partial charge is 0.373 e. The maximum atomic E-state index is 6.18. The third kappa shape index (κ3) is 4.33. The number of hydrogen-bond acceptors (Lipinski definition) is 5. The third-order valence-electron chi connectivity index (χ3n) is 5.46. The first-order chi connectivity index (χ1) is 11.8. The van der Waals surface area contributed by atoms with Crippen LogP contribution < -0.4 is 0 Å². The molecular weight excluding hydrogens is 302 g/mol. The molecule has 3 atom stereocenters. The molecule has 1 aromatic rings. The minimum Gasteiger partial charge on any atom is -0.373 e. The van der Waals surface area contributed by atoms with E-state index in [2.05, 4.69) is 28.6 Å². The van der Waals surface area contributed by atoms with E-state index < -0.39 is 0 Å². The zero-order valence-corrected chi connectivity index (χ0v) is 15.1. The maximum Gasteiger partial charge on any atom is 0.0992 e. The van der Waals surface area contributed by atoms with Gasteiger partial charge in [0.15, 0.2) is 0 Å². The van der Waals surface area contributed by atoms with Crippen LogP contribution >= 0.6 is 0 Å². The number of likely N-dealkylation sites (N-methyl/N-ethyl adjacent to an activating group) is 1. The summed E-state index contributed by atoms with van der Waals surface area (Å²) in [5.41, 5.74) is 1.18. The van der Waals surface area contributed by atoms with Gasteiger partial charge in [-0.1, -0.05) is 13.8 Å².